The molecule has 0 spiro atoms. The molecule has 0 saturated carbocycles. The van der Waals surface area contributed by atoms with Gasteiger partial charge in [-0.2, -0.15) is 0 Å². The number of hydrogen-bond acceptors (Lipinski definition) is 2. The van der Waals surface area contributed by atoms with Crippen LogP contribution < -0.4 is 0 Å². The van der Waals surface area contributed by atoms with Crippen molar-refractivity contribution < 1.29 is 4.79 Å². The number of benzene rings is 2. The average molecular weight is 240 g/mol. The van der Waals surface area contributed by atoms with Crippen molar-refractivity contribution in [3.05, 3.63) is 47.0 Å². The molecule has 0 N–H and O–H groups in total. The molecule has 2 heteroatoms. The summed E-state index contributed by atoms with van der Waals surface area (Å²) in [5.41, 5.74) is 3.32. The fourth-order valence-corrected chi connectivity index (χ4v) is 3.76. The maximum absolute atomic E-state index is 11.1. The molecule has 84 valence electrons. The van der Waals surface area contributed by atoms with Crippen molar-refractivity contribution in [1.29, 1.82) is 0 Å². The van der Waals surface area contributed by atoms with Crippen molar-refractivity contribution in [2.75, 3.05) is 0 Å². The molecule has 0 saturated heterocycles. The summed E-state index contributed by atoms with van der Waals surface area (Å²) in [6, 6.07) is 10.3. The number of fused-ring (bicyclic) bond motifs is 3. The lowest BCUT2D eigenvalue weighted by Gasteiger charge is -2.01. The number of aldehydes is 1. The molecule has 0 unspecified atom stereocenters. The topological polar surface area (TPSA) is 17.1 Å². The van der Waals surface area contributed by atoms with Crippen LogP contribution in [0, 0.1) is 13.8 Å². The maximum Gasteiger partial charge on any atom is 0.150 e. The molecule has 0 atom stereocenters. The Hall–Kier alpha value is -1.67. The molecule has 0 amide bonds. The van der Waals surface area contributed by atoms with Crippen LogP contribution >= 0.6 is 11.3 Å². The number of carbonyl (C=O) groups excluding carboxylic acids is 1. The zero-order chi connectivity index (χ0) is 12.0. The molecule has 0 radical (unpaired) electrons. The van der Waals surface area contributed by atoms with Crippen LogP contribution in [0.1, 0.15) is 21.5 Å². The third kappa shape index (κ3) is 1.48. The predicted molar refractivity (Wildman–Crippen MR) is 74.2 cm³/mol. The molecular weight excluding hydrogens is 228 g/mol. The van der Waals surface area contributed by atoms with Gasteiger partial charge in [-0.1, -0.05) is 18.2 Å². The summed E-state index contributed by atoms with van der Waals surface area (Å²) in [4.78, 5) is 11.1. The van der Waals surface area contributed by atoms with Gasteiger partial charge in [0.05, 0.1) is 0 Å². The van der Waals surface area contributed by atoms with Gasteiger partial charge in [-0.15, -0.1) is 11.3 Å². The molecule has 0 bridgehead atoms. The summed E-state index contributed by atoms with van der Waals surface area (Å²) >= 11 is 1.76. The summed E-state index contributed by atoms with van der Waals surface area (Å²) in [6.07, 6.45) is 0.952. The predicted octanol–water partition coefficient (Wildman–Crippen LogP) is 4.48. The highest BCUT2D eigenvalue weighted by atomic mass is 32.1. The Morgan fingerprint density at radius 2 is 1.88 bits per heavy atom. The Kier molecular flexibility index (Phi) is 2.26. The van der Waals surface area contributed by atoms with Gasteiger partial charge in [-0.3, -0.25) is 4.79 Å². The van der Waals surface area contributed by atoms with E-state index in [4.69, 9.17) is 0 Å². The zero-order valence-corrected chi connectivity index (χ0v) is 10.6. The quantitative estimate of drug-likeness (QED) is 0.573. The number of carbonyl (C=O) groups is 1. The van der Waals surface area contributed by atoms with Crippen LogP contribution in [0.5, 0.6) is 0 Å². The van der Waals surface area contributed by atoms with Crippen molar-refractivity contribution in [1.82, 2.24) is 0 Å². The monoisotopic (exact) mass is 240 g/mol. The first-order valence-corrected chi connectivity index (χ1v) is 6.40. The van der Waals surface area contributed by atoms with Crippen LogP contribution in [0.25, 0.3) is 20.2 Å². The van der Waals surface area contributed by atoms with E-state index in [9.17, 15) is 4.79 Å². The van der Waals surface area contributed by atoms with Gasteiger partial charge in [-0.25, -0.2) is 0 Å². The summed E-state index contributed by atoms with van der Waals surface area (Å²) < 4.78 is 2.46. The second-order valence-electron chi connectivity index (χ2n) is 4.40. The van der Waals surface area contributed by atoms with E-state index in [1.165, 1.54) is 25.9 Å². The zero-order valence-electron chi connectivity index (χ0n) is 9.78. The Morgan fingerprint density at radius 1 is 1.06 bits per heavy atom. The first-order chi connectivity index (χ1) is 8.20. The summed E-state index contributed by atoms with van der Waals surface area (Å²) in [7, 11) is 0. The van der Waals surface area contributed by atoms with Gasteiger partial charge in [0, 0.05) is 25.7 Å². The molecular formula is C15H12OS. The van der Waals surface area contributed by atoms with Crippen molar-refractivity contribution >= 4 is 37.8 Å². The number of thiophene rings is 1. The summed E-state index contributed by atoms with van der Waals surface area (Å²) in [5, 5.41) is 2.35. The minimum absolute atomic E-state index is 0.792. The smallest absolute Gasteiger partial charge is 0.150 e. The largest absolute Gasteiger partial charge is 0.298 e. The molecule has 0 fully saturated rings. The molecule has 0 aliphatic carbocycles. The SMILES string of the molecule is Cc1cc(C)c2c(c1)sc1cccc(C=O)c12. The normalized spacial score (nSPS) is 11.2. The molecule has 17 heavy (non-hydrogen) atoms. The number of hydrogen-bond donors (Lipinski definition) is 0. The lowest BCUT2D eigenvalue weighted by Crippen LogP contribution is -1.82. The van der Waals surface area contributed by atoms with Gasteiger partial charge in [0.1, 0.15) is 0 Å². The Bertz CT molecular complexity index is 737. The van der Waals surface area contributed by atoms with Gasteiger partial charge < -0.3 is 0 Å². The molecule has 0 aliphatic rings. The molecule has 3 aromatic rings. The minimum Gasteiger partial charge on any atom is -0.298 e. The number of rotatable bonds is 1. The Balaban J connectivity index is 2.62. The summed E-state index contributed by atoms with van der Waals surface area (Å²) in [6.45, 7) is 4.22. The van der Waals surface area contributed by atoms with Crippen LogP contribution in [-0.2, 0) is 0 Å². The van der Waals surface area contributed by atoms with E-state index in [-0.39, 0.29) is 0 Å². The van der Waals surface area contributed by atoms with Gasteiger partial charge in [-0.05, 0) is 37.1 Å². The fraction of sp³-hybridized carbons (Fsp3) is 0.133. The highest BCUT2D eigenvalue weighted by molar-refractivity contribution is 7.25. The van der Waals surface area contributed by atoms with Crippen LogP contribution in [0.15, 0.2) is 30.3 Å². The molecule has 0 aliphatic heterocycles. The second-order valence-corrected chi connectivity index (χ2v) is 5.48. The van der Waals surface area contributed by atoms with Gasteiger partial charge in [0.25, 0.3) is 0 Å². The maximum atomic E-state index is 11.1. The van der Waals surface area contributed by atoms with Crippen molar-refractivity contribution in [2.45, 2.75) is 13.8 Å². The van der Waals surface area contributed by atoms with E-state index in [0.717, 1.165) is 17.2 Å². The van der Waals surface area contributed by atoms with Crippen LogP contribution in [0.3, 0.4) is 0 Å². The Morgan fingerprint density at radius 3 is 2.65 bits per heavy atom. The lowest BCUT2D eigenvalue weighted by atomic mass is 10.0. The van der Waals surface area contributed by atoms with E-state index >= 15 is 0 Å². The van der Waals surface area contributed by atoms with Gasteiger partial charge in [0.2, 0.25) is 0 Å². The molecule has 1 nitrogen and oxygen atoms in total. The average Bonchev–Trinajstić information content (AvgIpc) is 2.66. The van der Waals surface area contributed by atoms with Crippen molar-refractivity contribution in [3.63, 3.8) is 0 Å². The van der Waals surface area contributed by atoms with E-state index in [1.54, 1.807) is 11.3 Å². The van der Waals surface area contributed by atoms with E-state index in [0.29, 0.717) is 0 Å². The fourth-order valence-electron chi connectivity index (χ4n) is 2.45. The standard InChI is InChI=1S/C15H12OS/c1-9-6-10(2)14-13(7-9)17-12-5-3-4-11(8-16)15(12)14/h3-8H,1-2H3. The van der Waals surface area contributed by atoms with Crippen molar-refractivity contribution in [3.8, 4) is 0 Å². The lowest BCUT2D eigenvalue weighted by molar-refractivity contribution is 0.112. The van der Waals surface area contributed by atoms with Crippen molar-refractivity contribution in [2.24, 2.45) is 0 Å². The molecule has 2 aromatic carbocycles. The third-order valence-corrected chi connectivity index (χ3v) is 4.20. The highest BCUT2D eigenvalue weighted by Crippen LogP contribution is 2.37. The van der Waals surface area contributed by atoms with E-state index < -0.39 is 0 Å². The van der Waals surface area contributed by atoms with Gasteiger partial charge in [0.15, 0.2) is 6.29 Å². The second kappa shape index (κ2) is 3.67. The molecule has 1 heterocycles. The van der Waals surface area contributed by atoms with Gasteiger partial charge >= 0.3 is 0 Å². The highest BCUT2D eigenvalue weighted by Gasteiger charge is 2.11. The first kappa shape index (κ1) is 10.5. The molecule has 3 rings (SSSR count). The van der Waals surface area contributed by atoms with E-state index in [1.807, 2.05) is 12.1 Å². The molecule has 1 aromatic heterocycles. The number of aryl methyl sites for hydroxylation is 2. The minimum atomic E-state index is 0.792. The van der Waals surface area contributed by atoms with E-state index in [2.05, 4.69) is 32.0 Å². The first-order valence-electron chi connectivity index (χ1n) is 5.58. The summed E-state index contributed by atoms with van der Waals surface area (Å²) in [5.74, 6) is 0. The van der Waals surface area contributed by atoms with Crippen LogP contribution in [0.4, 0.5) is 0 Å². The third-order valence-electron chi connectivity index (χ3n) is 3.10. The van der Waals surface area contributed by atoms with Crippen LogP contribution in [-0.4, -0.2) is 6.29 Å². The Labute approximate surface area is 104 Å². The van der Waals surface area contributed by atoms with Crippen LogP contribution in [0.2, 0.25) is 0 Å².